The average Bonchev–Trinajstić information content (AvgIpc) is 2.62. The molecule has 0 spiro atoms. The highest BCUT2D eigenvalue weighted by atomic mass is 16.3. The lowest BCUT2D eigenvalue weighted by molar-refractivity contribution is -0.128. The number of carbonyl (C=O) groups is 1. The summed E-state index contributed by atoms with van der Waals surface area (Å²) in [7, 11) is 0. The van der Waals surface area contributed by atoms with Gasteiger partial charge in [-0.1, -0.05) is 96.8 Å². The first-order valence-electron chi connectivity index (χ1n) is 11.6. The standard InChI is InChI=1S/C23H47NO3/c1-4-5-6-7-8-9-10-11-12-13-14-15-16-17-18-22(21(3)26)23(27)24-19-20(2)25/h20-22,25-26H,4-19H2,1-3H3,(H,24,27). The Kier molecular flexibility index (Phi) is 18.3. The first-order valence-corrected chi connectivity index (χ1v) is 11.6. The molecule has 0 radical (unpaired) electrons. The van der Waals surface area contributed by atoms with Crippen LogP contribution in [0, 0.1) is 5.92 Å². The van der Waals surface area contributed by atoms with E-state index < -0.39 is 12.2 Å². The van der Waals surface area contributed by atoms with Crippen LogP contribution in [-0.2, 0) is 4.79 Å². The number of amides is 1. The lowest BCUT2D eigenvalue weighted by atomic mass is 9.94. The lowest BCUT2D eigenvalue weighted by Gasteiger charge is -2.20. The first kappa shape index (κ1) is 26.4. The predicted molar refractivity (Wildman–Crippen MR) is 115 cm³/mol. The van der Waals surface area contributed by atoms with E-state index in [2.05, 4.69) is 12.2 Å². The van der Waals surface area contributed by atoms with Gasteiger partial charge in [-0.3, -0.25) is 4.79 Å². The van der Waals surface area contributed by atoms with Gasteiger partial charge in [0.05, 0.1) is 18.1 Å². The van der Waals surface area contributed by atoms with Crippen molar-refractivity contribution >= 4 is 5.91 Å². The minimum Gasteiger partial charge on any atom is -0.393 e. The summed E-state index contributed by atoms with van der Waals surface area (Å²) in [5.41, 5.74) is 0. The van der Waals surface area contributed by atoms with Crippen molar-refractivity contribution in [3.63, 3.8) is 0 Å². The van der Waals surface area contributed by atoms with Crippen molar-refractivity contribution in [1.29, 1.82) is 0 Å². The summed E-state index contributed by atoms with van der Waals surface area (Å²) < 4.78 is 0. The second kappa shape index (κ2) is 18.7. The smallest absolute Gasteiger partial charge is 0.225 e. The fourth-order valence-electron chi connectivity index (χ4n) is 3.53. The molecule has 0 aliphatic heterocycles. The van der Waals surface area contributed by atoms with E-state index in [4.69, 9.17) is 0 Å². The second-order valence-electron chi connectivity index (χ2n) is 8.33. The molecule has 3 atom stereocenters. The molecule has 3 unspecified atom stereocenters. The second-order valence-corrected chi connectivity index (χ2v) is 8.33. The maximum absolute atomic E-state index is 12.1. The van der Waals surface area contributed by atoms with Crippen LogP contribution in [0.1, 0.15) is 117 Å². The molecule has 0 aliphatic carbocycles. The van der Waals surface area contributed by atoms with Crippen LogP contribution >= 0.6 is 0 Å². The minimum atomic E-state index is -0.638. The third kappa shape index (κ3) is 17.2. The van der Waals surface area contributed by atoms with Crippen molar-refractivity contribution in [2.75, 3.05) is 6.54 Å². The summed E-state index contributed by atoms with van der Waals surface area (Å²) in [5.74, 6) is -0.498. The maximum Gasteiger partial charge on any atom is 0.225 e. The third-order valence-electron chi connectivity index (χ3n) is 5.36. The van der Waals surface area contributed by atoms with Gasteiger partial charge in [0.15, 0.2) is 0 Å². The monoisotopic (exact) mass is 385 g/mol. The van der Waals surface area contributed by atoms with Gasteiger partial charge in [-0.2, -0.15) is 0 Å². The van der Waals surface area contributed by atoms with Crippen molar-refractivity contribution in [1.82, 2.24) is 5.32 Å². The molecule has 0 aromatic carbocycles. The van der Waals surface area contributed by atoms with E-state index in [-0.39, 0.29) is 18.4 Å². The molecule has 0 saturated heterocycles. The number of aliphatic hydroxyl groups is 2. The minimum absolute atomic E-state index is 0.138. The number of aliphatic hydroxyl groups excluding tert-OH is 2. The molecular formula is C23H47NO3. The highest BCUT2D eigenvalue weighted by Crippen LogP contribution is 2.17. The Morgan fingerprint density at radius 1 is 0.741 bits per heavy atom. The molecule has 0 rings (SSSR count). The number of nitrogens with one attached hydrogen (secondary N) is 1. The van der Waals surface area contributed by atoms with Crippen molar-refractivity contribution in [3.8, 4) is 0 Å². The van der Waals surface area contributed by atoms with E-state index >= 15 is 0 Å². The summed E-state index contributed by atoms with van der Waals surface area (Å²) in [6.45, 7) is 5.84. The molecule has 0 aromatic rings. The van der Waals surface area contributed by atoms with E-state index in [0.717, 1.165) is 19.3 Å². The van der Waals surface area contributed by atoms with Crippen molar-refractivity contribution < 1.29 is 15.0 Å². The molecule has 4 nitrogen and oxygen atoms in total. The van der Waals surface area contributed by atoms with Gasteiger partial charge in [0.25, 0.3) is 0 Å². The van der Waals surface area contributed by atoms with Gasteiger partial charge in [0.2, 0.25) is 5.91 Å². The predicted octanol–water partition coefficient (Wildman–Crippen LogP) is 5.35. The summed E-state index contributed by atoms with van der Waals surface area (Å²) >= 11 is 0. The number of unbranched alkanes of at least 4 members (excludes halogenated alkanes) is 13. The van der Waals surface area contributed by atoms with Crippen LogP contribution in [0.5, 0.6) is 0 Å². The first-order chi connectivity index (χ1) is 13.0. The molecule has 4 heteroatoms. The van der Waals surface area contributed by atoms with Crippen molar-refractivity contribution in [2.45, 2.75) is 129 Å². The molecule has 0 aromatic heterocycles. The Labute approximate surface area is 168 Å². The van der Waals surface area contributed by atoms with Gasteiger partial charge in [-0.25, -0.2) is 0 Å². The van der Waals surface area contributed by atoms with Gasteiger partial charge in [-0.15, -0.1) is 0 Å². The van der Waals surface area contributed by atoms with Crippen LogP contribution in [0.2, 0.25) is 0 Å². The SMILES string of the molecule is CCCCCCCCCCCCCCCCC(C(=O)NCC(C)O)C(C)O. The fourth-order valence-corrected chi connectivity index (χ4v) is 3.53. The summed E-state index contributed by atoms with van der Waals surface area (Å²) in [4.78, 5) is 12.1. The quantitative estimate of drug-likeness (QED) is 0.262. The number of hydrogen-bond acceptors (Lipinski definition) is 3. The van der Waals surface area contributed by atoms with Crippen LogP contribution in [0.25, 0.3) is 0 Å². The van der Waals surface area contributed by atoms with E-state index in [1.165, 1.54) is 77.0 Å². The molecule has 0 saturated carbocycles. The highest BCUT2D eigenvalue weighted by molar-refractivity contribution is 5.79. The van der Waals surface area contributed by atoms with Crippen molar-refractivity contribution in [3.05, 3.63) is 0 Å². The van der Waals surface area contributed by atoms with Gasteiger partial charge in [-0.05, 0) is 20.3 Å². The summed E-state index contributed by atoms with van der Waals surface area (Å²) in [6, 6.07) is 0. The Bertz CT molecular complexity index is 332. The average molecular weight is 386 g/mol. The number of hydrogen-bond donors (Lipinski definition) is 3. The molecule has 1 amide bonds. The Morgan fingerprint density at radius 2 is 1.15 bits per heavy atom. The molecule has 0 bridgehead atoms. The highest BCUT2D eigenvalue weighted by Gasteiger charge is 2.23. The van der Waals surface area contributed by atoms with Gasteiger partial charge < -0.3 is 15.5 Å². The maximum atomic E-state index is 12.1. The van der Waals surface area contributed by atoms with Gasteiger partial charge in [0, 0.05) is 6.54 Å². The van der Waals surface area contributed by atoms with E-state index in [9.17, 15) is 15.0 Å². The van der Waals surface area contributed by atoms with Crippen LogP contribution in [0.15, 0.2) is 0 Å². The summed E-state index contributed by atoms with van der Waals surface area (Å²) in [6.07, 6.45) is 18.0. The molecule has 0 fully saturated rings. The number of rotatable bonds is 19. The van der Waals surface area contributed by atoms with E-state index in [1.807, 2.05) is 0 Å². The van der Waals surface area contributed by atoms with Crippen molar-refractivity contribution in [2.24, 2.45) is 5.92 Å². The molecule has 27 heavy (non-hydrogen) atoms. The topological polar surface area (TPSA) is 69.6 Å². The normalized spacial score (nSPS) is 14.7. The lowest BCUT2D eigenvalue weighted by Crippen LogP contribution is -2.39. The Morgan fingerprint density at radius 3 is 1.52 bits per heavy atom. The molecular weight excluding hydrogens is 338 g/mol. The molecule has 0 heterocycles. The van der Waals surface area contributed by atoms with E-state index in [0.29, 0.717) is 0 Å². The third-order valence-corrected chi connectivity index (χ3v) is 5.36. The van der Waals surface area contributed by atoms with Crippen LogP contribution < -0.4 is 5.32 Å². The van der Waals surface area contributed by atoms with Gasteiger partial charge in [0.1, 0.15) is 0 Å². The number of carbonyl (C=O) groups excluding carboxylic acids is 1. The fraction of sp³-hybridized carbons (Fsp3) is 0.957. The van der Waals surface area contributed by atoms with Crippen LogP contribution in [0.4, 0.5) is 0 Å². The molecule has 0 aliphatic rings. The molecule has 3 N–H and O–H groups in total. The zero-order valence-electron chi connectivity index (χ0n) is 18.3. The zero-order chi connectivity index (χ0) is 20.3. The molecule has 162 valence electrons. The van der Waals surface area contributed by atoms with E-state index in [1.54, 1.807) is 13.8 Å². The summed E-state index contributed by atoms with van der Waals surface area (Å²) in [5, 5.41) is 21.8. The van der Waals surface area contributed by atoms with Gasteiger partial charge >= 0.3 is 0 Å². The van der Waals surface area contributed by atoms with Crippen LogP contribution in [0.3, 0.4) is 0 Å². The van der Waals surface area contributed by atoms with Crippen LogP contribution in [-0.4, -0.2) is 34.9 Å². The largest absolute Gasteiger partial charge is 0.393 e. The Hall–Kier alpha value is -0.610. The Balaban J connectivity index is 3.51. The zero-order valence-corrected chi connectivity index (χ0v) is 18.3.